The number of carbonyl (C=O) groups excluding carboxylic acids is 1. The molecule has 1 amide bonds. The van der Waals surface area contributed by atoms with E-state index in [1.807, 2.05) is 12.3 Å². The molecule has 2 atom stereocenters. The summed E-state index contributed by atoms with van der Waals surface area (Å²) in [5.74, 6) is -1.48. The van der Waals surface area contributed by atoms with Crippen LogP contribution in [0.2, 0.25) is 0 Å². The highest BCUT2D eigenvalue weighted by atomic mass is 32.1. The maximum atomic E-state index is 12.5. The van der Waals surface area contributed by atoms with Crippen molar-refractivity contribution in [2.24, 2.45) is 5.92 Å². The first-order valence-corrected chi connectivity index (χ1v) is 8.80. The zero-order valence-electron chi connectivity index (χ0n) is 13.3. The summed E-state index contributed by atoms with van der Waals surface area (Å²) in [7, 11) is 0. The maximum absolute atomic E-state index is 12.5. The lowest BCUT2D eigenvalue weighted by Crippen LogP contribution is -2.47. The van der Waals surface area contributed by atoms with Gasteiger partial charge in [-0.15, -0.1) is 11.3 Å². The lowest BCUT2D eigenvalue weighted by molar-refractivity contribution is -0.147. The molecule has 1 aliphatic rings. The van der Waals surface area contributed by atoms with Crippen molar-refractivity contribution >= 4 is 33.4 Å². The molecule has 128 valence electrons. The van der Waals surface area contributed by atoms with Gasteiger partial charge in [-0.1, -0.05) is 0 Å². The van der Waals surface area contributed by atoms with Gasteiger partial charge in [0.15, 0.2) is 0 Å². The molecule has 0 aliphatic carbocycles. The first-order chi connectivity index (χ1) is 11.5. The fourth-order valence-electron chi connectivity index (χ4n) is 3.07. The summed E-state index contributed by atoms with van der Waals surface area (Å²) in [6.45, 7) is 2.42. The van der Waals surface area contributed by atoms with Crippen molar-refractivity contribution in [2.75, 3.05) is 6.54 Å². The van der Waals surface area contributed by atoms with E-state index in [-0.39, 0.29) is 37.0 Å². The lowest BCUT2D eigenvalue weighted by atomic mass is 9.93. The Bertz CT molecular complexity index is 828. The summed E-state index contributed by atoms with van der Waals surface area (Å²) in [6.07, 6.45) is 2.91. The van der Waals surface area contributed by atoms with E-state index in [0.29, 0.717) is 23.1 Å². The number of hydrogen-bond donors (Lipinski definition) is 1. The molecule has 0 radical (unpaired) electrons. The van der Waals surface area contributed by atoms with Crippen molar-refractivity contribution in [2.45, 2.75) is 38.8 Å². The first kappa shape index (κ1) is 16.6. The number of nitrogens with zero attached hydrogens (tertiary/aromatic N) is 3. The smallest absolute Gasteiger partial charge is 0.308 e. The Morgan fingerprint density at radius 1 is 1.42 bits per heavy atom. The SMILES string of the molecule is CC1CCC(C(=O)O)CN1C(=O)CCn1cnc2sccc2c1=O. The van der Waals surface area contributed by atoms with Gasteiger partial charge in [0, 0.05) is 25.6 Å². The first-order valence-electron chi connectivity index (χ1n) is 7.92. The number of aryl methyl sites for hydroxylation is 1. The van der Waals surface area contributed by atoms with Crippen LogP contribution in [0.25, 0.3) is 10.2 Å². The molecule has 0 saturated carbocycles. The van der Waals surface area contributed by atoms with Crippen molar-refractivity contribution in [1.82, 2.24) is 14.5 Å². The summed E-state index contributed by atoms with van der Waals surface area (Å²) in [6, 6.07) is 1.76. The number of carboxylic acid groups (broad SMARTS) is 1. The number of carboxylic acids is 1. The van der Waals surface area contributed by atoms with Gasteiger partial charge in [-0.05, 0) is 31.2 Å². The van der Waals surface area contributed by atoms with Gasteiger partial charge in [-0.3, -0.25) is 19.0 Å². The molecule has 1 saturated heterocycles. The lowest BCUT2D eigenvalue weighted by Gasteiger charge is -2.36. The van der Waals surface area contributed by atoms with Crippen molar-refractivity contribution in [3.05, 3.63) is 28.1 Å². The average molecular weight is 349 g/mol. The van der Waals surface area contributed by atoms with E-state index in [1.165, 1.54) is 22.2 Å². The van der Waals surface area contributed by atoms with Crippen LogP contribution in [0.5, 0.6) is 0 Å². The molecule has 2 aromatic heterocycles. The molecular formula is C16H19N3O4S. The fraction of sp³-hybridized carbons (Fsp3) is 0.500. The van der Waals surface area contributed by atoms with Crippen LogP contribution in [0, 0.1) is 5.92 Å². The Balaban J connectivity index is 1.68. The molecule has 7 nitrogen and oxygen atoms in total. The molecule has 2 aromatic rings. The van der Waals surface area contributed by atoms with E-state index in [2.05, 4.69) is 4.98 Å². The van der Waals surface area contributed by atoms with Gasteiger partial charge in [0.05, 0.1) is 17.6 Å². The summed E-state index contributed by atoms with van der Waals surface area (Å²) in [5, 5.41) is 11.5. The van der Waals surface area contributed by atoms with E-state index >= 15 is 0 Å². The standard InChI is InChI=1S/C16H19N3O4S/c1-10-2-3-11(16(22)23)8-19(10)13(20)4-6-18-9-17-14-12(15(18)21)5-7-24-14/h5,7,9-11H,2-4,6,8H2,1H3,(H,22,23). The molecule has 2 unspecified atom stereocenters. The molecule has 1 fully saturated rings. The van der Waals surface area contributed by atoms with Crippen LogP contribution >= 0.6 is 11.3 Å². The molecule has 3 heterocycles. The predicted molar refractivity (Wildman–Crippen MR) is 90.0 cm³/mol. The molecular weight excluding hydrogens is 330 g/mol. The number of fused-ring (bicyclic) bond motifs is 1. The fourth-order valence-corrected chi connectivity index (χ4v) is 3.79. The van der Waals surface area contributed by atoms with E-state index < -0.39 is 11.9 Å². The van der Waals surface area contributed by atoms with Crippen LogP contribution < -0.4 is 5.56 Å². The Morgan fingerprint density at radius 3 is 2.96 bits per heavy atom. The molecule has 3 rings (SSSR count). The highest BCUT2D eigenvalue weighted by Gasteiger charge is 2.32. The van der Waals surface area contributed by atoms with Crippen molar-refractivity contribution in [1.29, 1.82) is 0 Å². The van der Waals surface area contributed by atoms with Gasteiger partial charge in [-0.25, -0.2) is 4.98 Å². The van der Waals surface area contributed by atoms with Gasteiger partial charge in [-0.2, -0.15) is 0 Å². The molecule has 24 heavy (non-hydrogen) atoms. The van der Waals surface area contributed by atoms with E-state index in [1.54, 1.807) is 11.0 Å². The second-order valence-electron chi connectivity index (χ2n) is 6.14. The number of likely N-dealkylation sites (tertiary alicyclic amines) is 1. The minimum absolute atomic E-state index is 0.0299. The van der Waals surface area contributed by atoms with Crippen molar-refractivity contribution in [3.63, 3.8) is 0 Å². The predicted octanol–water partition coefficient (Wildman–Crippen LogP) is 1.56. The third kappa shape index (κ3) is 3.19. The maximum Gasteiger partial charge on any atom is 0.308 e. The minimum atomic E-state index is -0.858. The number of piperidine rings is 1. The minimum Gasteiger partial charge on any atom is -0.481 e. The summed E-state index contributed by atoms with van der Waals surface area (Å²) >= 11 is 1.41. The third-order valence-corrected chi connectivity index (χ3v) is 5.39. The van der Waals surface area contributed by atoms with E-state index in [0.717, 1.165) is 0 Å². The van der Waals surface area contributed by atoms with Crippen LogP contribution in [-0.2, 0) is 16.1 Å². The van der Waals surface area contributed by atoms with Gasteiger partial charge >= 0.3 is 5.97 Å². The second-order valence-corrected chi connectivity index (χ2v) is 7.03. The van der Waals surface area contributed by atoms with Gasteiger partial charge in [0.2, 0.25) is 5.91 Å². The van der Waals surface area contributed by atoms with Crippen molar-refractivity contribution < 1.29 is 14.7 Å². The largest absolute Gasteiger partial charge is 0.481 e. The second kappa shape index (κ2) is 6.72. The quantitative estimate of drug-likeness (QED) is 0.904. The zero-order chi connectivity index (χ0) is 17.3. The van der Waals surface area contributed by atoms with Gasteiger partial charge < -0.3 is 10.0 Å². The number of hydrogen-bond acceptors (Lipinski definition) is 5. The number of thiophene rings is 1. The normalized spacial score (nSPS) is 21.1. The Kier molecular flexibility index (Phi) is 4.66. The number of aromatic nitrogens is 2. The number of amides is 1. The molecule has 1 N–H and O–H groups in total. The Morgan fingerprint density at radius 2 is 2.21 bits per heavy atom. The van der Waals surface area contributed by atoms with E-state index in [9.17, 15) is 14.4 Å². The average Bonchev–Trinajstić information content (AvgIpc) is 3.03. The van der Waals surface area contributed by atoms with Gasteiger partial charge in [0.1, 0.15) is 4.83 Å². The van der Waals surface area contributed by atoms with Crippen LogP contribution in [0.15, 0.2) is 22.6 Å². The zero-order valence-corrected chi connectivity index (χ0v) is 14.2. The van der Waals surface area contributed by atoms with Crippen LogP contribution in [0.3, 0.4) is 0 Å². The number of rotatable bonds is 4. The van der Waals surface area contributed by atoms with E-state index in [4.69, 9.17) is 5.11 Å². The third-order valence-electron chi connectivity index (χ3n) is 4.57. The number of aliphatic carboxylic acids is 1. The molecule has 1 aliphatic heterocycles. The topological polar surface area (TPSA) is 92.5 Å². The summed E-state index contributed by atoms with van der Waals surface area (Å²) < 4.78 is 1.44. The molecule has 0 aromatic carbocycles. The van der Waals surface area contributed by atoms with Crippen LogP contribution in [0.1, 0.15) is 26.2 Å². The monoisotopic (exact) mass is 349 g/mol. The molecule has 0 spiro atoms. The highest BCUT2D eigenvalue weighted by molar-refractivity contribution is 7.16. The molecule has 8 heteroatoms. The summed E-state index contributed by atoms with van der Waals surface area (Å²) in [5.41, 5.74) is -0.149. The summed E-state index contributed by atoms with van der Waals surface area (Å²) in [4.78, 5) is 42.5. The number of carbonyl (C=O) groups is 2. The van der Waals surface area contributed by atoms with Gasteiger partial charge in [0.25, 0.3) is 5.56 Å². The van der Waals surface area contributed by atoms with Crippen molar-refractivity contribution in [3.8, 4) is 0 Å². The van der Waals surface area contributed by atoms with Crippen LogP contribution in [-0.4, -0.2) is 44.0 Å². The molecule has 0 bridgehead atoms. The Hall–Kier alpha value is -2.22. The highest BCUT2D eigenvalue weighted by Crippen LogP contribution is 2.23. The van der Waals surface area contributed by atoms with Crippen LogP contribution in [0.4, 0.5) is 0 Å². The Labute approximate surface area is 142 Å².